The van der Waals surface area contributed by atoms with Crippen LogP contribution in [0.4, 0.5) is 0 Å². The molecule has 8 heteroatoms. The van der Waals surface area contributed by atoms with E-state index in [1.54, 1.807) is 6.07 Å². The van der Waals surface area contributed by atoms with Crippen molar-refractivity contribution in [1.82, 2.24) is 14.4 Å². The number of morpholine rings is 1. The molecule has 3 aliphatic heterocycles. The number of hydrogen-bond acceptors (Lipinski definition) is 5. The molecule has 1 aromatic heterocycles. The third kappa shape index (κ3) is 6.23. The Morgan fingerprint density at radius 3 is 2.48 bits per heavy atom. The van der Waals surface area contributed by atoms with E-state index in [0.29, 0.717) is 37.4 Å². The van der Waals surface area contributed by atoms with Crippen LogP contribution in [0.1, 0.15) is 64.6 Å². The molecule has 2 bridgehead atoms. The summed E-state index contributed by atoms with van der Waals surface area (Å²) in [7, 11) is 0. The molecule has 1 N–H and O–H groups in total. The van der Waals surface area contributed by atoms with Gasteiger partial charge in [-0.25, -0.2) is 0 Å². The van der Waals surface area contributed by atoms with Crippen molar-refractivity contribution in [3.05, 3.63) is 34.2 Å². The molecule has 4 rings (SSSR count). The first-order valence-electron chi connectivity index (χ1n) is 12.2. The topological polar surface area (TPSA) is 92.1 Å². The maximum absolute atomic E-state index is 13.0. The summed E-state index contributed by atoms with van der Waals surface area (Å²) in [4.78, 5) is 38.5. The summed E-state index contributed by atoms with van der Waals surface area (Å²) < 4.78 is 7.88. The van der Waals surface area contributed by atoms with Crippen molar-refractivity contribution in [2.45, 2.75) is 71.1 Å². The predicted molar refractivity (Wildman–Crippen MR) is 126 cm³/mol. The Morgan fingerprint density at radius 2 is 1.85 bits per heavy atom. The number of nitrogens with zero attached hydrogens (tertiary/aromatic N) is 3. The summed E-state index contributed by atoms with van der Waals surface area (Å²) in [5.74, 6) is 1.60. The zero-order chi connectivity index (χ0) is 24.1. The van der Waals surface area contributed by atoms with Crippen LogP contribution < -0.4 is 5.56 Å². The molecule has 5 atom stereocenters. The van der Waals surface area contributed by atoms with Crippen molar-refractivity contribution in [2.24, 2.45) is 11.8 Å². The van der Waals surface area contributed by atoms with Crippen LogP contribution in [-0.2, 0) is 14.3 Å². The fourth-order valence-corrected chi connectivity index (χ4v) is 5.81. The number of pyridine rings is 1. The van der Waals surface area contributed by atoms with Gasteiger partial charge in [0.05, 0.1) is 18.8 Å². The quantitative estimate of drug-likeness (QED) is 0.678. The monoisotopic (exact) mass is 461 g/mol. The van der Waals surface area contributed by atoms with Crippen LogP contribution in [0.2, 0.25) is 0 Å². The smallest absolute Gasteiger partial charge is 0.290 e. The van der Waals surface area contributed by atoms with E-state index in [4.69, 9.17) is 14.6 Å². The van der Waals surface area contributed by atoms with Crippen molar-refractivity contribution in [1.29, 1.82) is 0 Å². The lowest BCUT2D eigenvalue weighted by Crippen LogP contribution is -2.54. The standard InChI is InChI=1S/C24H37N3O3.CH2O2/c1-16(2)8-9-22-20-10-19(21-6-5-7-23(28)27(21)22)13-25(14-20)15-24(29)26-11-17(3)30-18(4)12-26;2-1-3/h5-7,16-20,22H,8-15H2,1-4H3;1H,(H,2,3)/t17-,18+,19-,20+,22+;/m1./s1. The van der Waals surface area contributed by atoms with E-state index >= 15 is 0 Å². The average Bonchev–Trinajstić information content (AvgIpc) is 2.74. The number of likely N-dealkylation sites (tertiary alicyclic amines) is 1. The van der Waals surface area contributed by atoms with E-state index in [1.165, 1.54) is 5.69 Å². The molecule has 4 heterocycles. The molecule has 8 nitrogen and oxygen atoms in total. The molecule has 2 fully saturated rings. The molecular weight excluding hydrogens is 422 g/mol. The third-order valence-electron chi connectivity index (χ3n) is 7.04. The minimum Gasteiger partial charge on any atom is -0.483 e. The highest BCUT2D eigenvalue weighted by Gasteiger charge is 2.41. The fourth-order valence-electron chi connectivity index (χ4n) is 5.81. The molecule has 0 radical (unpaired) electrons. The highest BCUT2D eigenvalue weighted by molar-refractivity contribution is 5.78. The van der Waals surface area contributed by atoms with E-state index in [1.807, 2.05) is 24.8 Å². The summed E-state index contributed by atoms with van der Waals surface area (Å²) in [5.41, 5.74) is 1.30. The molecule has 0 spiro atoms. The van der Waals surface area contributed by atoms with Gasteiger partial charge in [-0.2, -0.15) is 0 Å². The molecule has 0 saturated carbocycles. The SMILES string of the molecule is CC(C)CC[C@H]1[C@H]2C[C@H](CN(CC(=O)N3C[C@@H](C)O[C@@H](C)C3)C2)c2cccc(=O)n21.O=CO. The van der Waals surface area contributed by atoms with Gasteiger partial charge < -0.3 is 19.3 Å². The Bertz CT molecular complexity index is 860. The number of rotatable bonds is 5. The van der Waals surface area contributed by atoms with Gasteiger partial charge in [0.2, 0.25) is 5.91 Å². The van der Waals surface area contributed by atoms with Crippen LogP contribution in [0.15, 0.2) is 23.0 Å². The molecule has 3 aliphatic rings. The van der Waals surface area contributed by atoms with Gasteiger partial charge >= 0.3 is 0 Å². The summed E-state index contributed by atoms with van der Waals surface area (Å²) in [5, 5.41) is 6.89. The van der Waals surface area contributed by atoms with E-state index in [2.05, 4.69) is 29.4 Å². The maximum atomic E-state index is 13.0. The largest absolute Gasteiger partial charge is 0.483 e. The lowest BCUT2D eigenvalue weighted by Gasteiger charge is -2.47. The Labute approximate surface area is 196 Å². The third-order valence-corrected chi connectivity index (χ3v) is 7.04. The normalized spacial score (nSPS) is 29.1. The van der Waals surface area contributed by atoms with E-state index < -0.39 is 0 Å². The Morgan fingerprint density at radius 1 is 1.18 bits per heavy atom. The predicted octanol–water partition coefficient (Wildman–Crippen LogP) is 2.58. The number of fused-ring (bicyclic) bond motifs is 4. The Hall–Kier alpha value is -2.19. The number of hydrogen-bond donors (Lipinski definition) is 1. The minimum absolute atomic E-state index is 0.0950. The first-order chi connectivity index (χ1) is 15.7. The van der Waals surface area contributed by atoms with Gasteiger partial charge in [-0.05, 0) is 51.0 Å². The van der Waals surface area contributed by atoms with E-state index in [9.17, 15) is 9.59 Å². The van der Waals surface area contributed by atoms with Gasteiger partial charge in [0.1, 0.15) is 0 Å². The minimum atomic E-state index is -0.250. The highest BCUT2D eigenvalue weighted by atomic mass is 16.5. The van der Waals surface area contributed by atoms with Crippen molar-refractivity contribution in [3.8, 4) is 0 Å². The highest BCUT2D eigenvalue weighted by Crippen LogP contribution is 2.43. The molecule has 184 valence electrons. The second kappa shape index (κ2) is 11.3. The number of carbonyl (C=O) groups is 2. The number of carboxylic acid groups (broad SMARTS) is 1. The van der Waals surface area contributed by atoms with Gasteiger partial charge in [-0.15, -0.1) is 0 Å². The number of aromatic nitrogens is 1. The molecule has 2 saturated heterocycles. The maximum Gasteiger partial charge on any atom is 0.290 e. The molecular formula is C25H39N3O5. The summed E-state index contributed by atoms with van der Waals surface area (Å²) in [6.45, 7) is 11.9. The molecule has 33 heavy (non-hydrogen) atoms. The molecule has 1 amide bonds. The second-order valence-corrected chi connectivity index (χ2v) is 10.2. The van der Waals surface area contributed by atoms with Crippen molar-refractivity contribution in [3.63, 3.8) is 0 Å². The van der Waals surface area contributed by atoms with Crippen LogP contribution in [0, 0.1) is 11.8 Å². The Balaban J connectivity index is 0.000000968. The van der Waals surface area contributed by atoms with Crippen LogP contribution >= 0.6 is 0 Å². The number of amides is 1. The summed E-state index contributed by atoms with van der Waals surface area (Å²) in [6.07, 6.45) is 3.47. The first kappa shape index (κ1) is 25.4. The first-order valence-corrected chi connectivity index (χ1v) is 12.2. The van der Waals surface area contributed by atoms with Gasteiger partial charge in [0, 0.05) is 49.9 Å². The van der Waals surface area contributed by atoms with Crippen molar-refractivity contribution < 1.29 is 19.4 Å². The van der Waals surface area contributed by atoms with Crippen LogP contribution in [-0.4, -0.2) is 76.8 Å². The number of carbonyl (C=O) groups excluding carboxylic acids is 1. The van der Waals surface area contributed by atoms with E-state index in [-0.39, 0.29) is 36.2 Å². The molecule has 0 aliphatic carbocycles. The van der Waals surface area contributed by atoms with Crippen LogP contribution in [0.25, 0.3) is 0 Å². The van der Waals surface area contributed by atoms with Gasteiger partial charge in [0.25, 0.3) is 12.0 Å². The van der Waals surface area contributed by atoms with Crippen LogP contribution in [0.5, 0.6) is 0 Å². The summed E-state index contributed by atoms with van der Waals surface area (Å²) >= 11 is 0. The lowest BCUT2D eigenvalue weighted by atomic mass is 9.76. The number of piperidine rings is 1. The zero-order valence-corrected chi connectivity index (χ0v) is 20.4. The summed E-state index contributed by atoms with van der Waals surface area (Å²) in [6, 6.07) is 5.97. The van der Waals surface area contributed by atoms with Crippen molar-refractivity contribution in [2.75, 3.05) is 32.7 Å². The fraction of sp³-hybridized carbons (Fsp3) is 0.720. The lowest BCUT2D eigenvalue weighted by molar-refractivity contribution is -0.145. The van der Waals surface area contributed by atoms with Gasteiger partial charge in [-0.1, -0.05) is 19.9 Å². The number of ether oxygens (including phenoxy) is 1. The zero-order valence-electron chi connectivity index (χ0n) is 20.4. The van der Waals surface area contributed by atoms with Crippen LogP contribution in [0.3, 0.4) is 0 Å². The van der Waals surface area contributed by atoms with Gasteiger partial charge in [-0.3, -0.25) is 19.3 Å². The average molecular weight is 462 g/mol. The second-order valence-electron chi connectivity index (χ2n) is 10.2. The Kier molecular flexibility index (Phi) is 8.70. The molecule has 0 unspecified atom stereocenters. The van der Waals surface area contributed by atoms with E-state index in [0.717, 1.165) is 32.4 Å². The molecule has 0 aromatic carbocycles. The molecule has 1 aromatic rings. The van der Waals surface area contributed by atoms with Crippen molar-refractivity contribution >= 4 is 12.4 Å². The van der Waals surface area contributed by atoms with Gasteiger partial charge in [0.15, 0.2) is 0 Å².